The van der Waals surface area contributed by atoms with Gasteiger partial charge in [0.15, 0.2) is 6.17 Å². The van der Waals surface area contributed by atoms with Gasteiger partial charge in [-0.15, -0.1) is 0 Å². The number of aromatic nitrogens is 2. The standard InChI is InChI=1S/C19H14BrFN6O/c20-13-10-23-27-18(22-9-11-5-6-15-17(7-11)26-28-25-15)8-16(24-19(13)27)12-3-1-2-4-14(12)21/h1-7,10,13,19H,8-9H2. The predicted octanol–water partition coefficient (Wildman–Crippen LogP) is 3.54. The van der Waals surface area contributed by atoms with Gasteiger partial charge in [-0.05, 0) is 34.1 Å². The van der Waals surface area contributed by atoms with Crippen LogP contribution in [0.2, 0.25) is 0 Å². The van der Waals surface area contributed by atoms with Gasteiger partial charge in [0.05, 0.1) is 17.1 Å². The molecule has 0 saturated carbocycles. The molecule has 0 aliphatic carbocycles. The molecule has 5 rings (SSSR count). The van der Waals surface area contributed by atoms with Crippen molar-refractivity contribution >= 4 is 44.7 Å². The second-order valence-electron chi connectivity index (χ2n) is 6.52. The number of amidine groups is 1. The Morgan fingerprint density at radius 3 is 2.93 bits per heavy atom. The fourth-order valence-corrected chi connectivity index (χ4v) is 3.74. The van der Waals surface area contributed by atoms with Gasteiger partial charge in [-0.3, -0.25) is 9.98 Å². The van der Waals surface area contributed by atoms with Crippen molar-refractivity contribution in [2.75, 3.05) is 0 Å². The van der Waals surface area contributed by atoms with Crippen LogP contribution >= 0.6 is 15.9 Å². The van der Waals surface area contributed by atoms with E-state index in [0.717, 1.165) is 11.4 Å². The molecule has 0 bridgehead atoms. The SMILES string of the molecule is Fc1ccccc1C1=NC2C(Br)C=NN2C(=NCc2ccc3nonc3c2)C1. The number of hydrazone groups is 1. The zero-order valence-corrected chi connectivity index (χ0v) is 16.1. The van der Waals surface area contributed by atoms with Gasteiger partial charge in [0.1, 0.15) is 22.7 Å². The fraction of sp³-hybridized carbons (Fsp3) is 0.211. The van der Waals surface area contributed by atoms with Crippen molar-refractivity contribution in [1.29, 1.82) is 0 Å². The molecule has 28 heavy (non-hydrogen) atoms. The first-order valence-corrected chi connectivity index (χ1v) is 9.64. The molecular formula is C19H14BrFN6O. The second-order valence-corrected chi connectivity index (χ2v) is 7.58. The first-order valence-electron chi connectivity index (χ1n) is 8.72. The third-order valence-electron chi connectivity index (χ3n) is 4.69. The van der Waals surface area contributed by atoms with E-state index in [-0.39, 0.29) is 16.8 Å². The maximum atomic E-state index is 14.3. The van der Waals surface area contributed by atoms with Crippen LogP contribution in [0.3, 0.4) is 0 Å². The molecule has 0 spiro atoms. The largest absolute Gasteiger partial charge is 0.266 e. The quantitative estimate of drug-likeness (QED) is 0.583. The number of halogens is 2. The Labute approximate surface area is 167 Å². The van der Waals surface area contributed by atoms with E-state index >= 15 is 0 Å². The summed E-state index contributed by atoms with van der Waals surface area (Å²) in [5.74, 6) is 0.456. The fourth-order valence-electron chi connectivity index (χ4n) is 3.29. The number of fused-ring (bicyclic) bond motifs is 2. The summed E-state index contributed by atoms with van der Waals surface area (Å²) in [6.07, 6.45) is 1.91. The maximum Gasteiger partial charge on any atom is 0.161 e. The zero-order chi connectivity index (χ0) is 19.1. The molecular weight excluding hydrogens is 427 g/mol. The summed E-state index contributed by atoms with van der Waals surface area (Å²) >= 11 is 3.57. The third-order valence-corrected chi connectivity index (χ3v) is 5.40. The lowest BCUT2D eigenvalue weighted by Gasteiger charge is -2.29. The van der Waals surface area contributed by atoms with Gasteiger partial charge in [-0.1, -0.05) is 40.2 Å². The van der Waals surface area contributed by atoms with Crippen LogP contribution in [0.5, 0.6) is 0 Å². The van der Waals surface area contributed by atoms with Crippen LogP contribution < -0.4 is 0 Å². The summed E-state index contributed by atoms with van der Waals surface area (Å²) in [5.41, 5.74) is 3.53. The summed E-state index contributed by atoms with van der Waals surface area (Å²) in [6, 6.07) is 12.3. The molecule has 2 atom stereocenters. The van der Waals surface area contributed by atoms with Gasteiger partial charge in [0.25, 0.3) is 0 Å². The monoisotopic (exact) mass is 440 g/mol. The Morgan fingerprint density at radius 1 is 1.18 bits per heavy atom. The lowest BCUT2D eigenvalue weighted by molar-refractivity contribution is 0.315. The molecule has 3 aromatic rings. The molecule has 0 fully saturated rings. The molecule has 0 N–H and O–H groups in total. The number of nitrogens with zero attached hydrogens (tertiary/aromatic N) is 6. The molecule has 2 unspecified atom stereocenters. The smallest absolute Gasteiger partial charge is 0.161 e. The van der Waals surface area contributed by atoms with Crippen LogP contribution in [0.1, 0.15) is 17.5 Å². The van der Waals surface area contributed by atoms with Crippen molar-refractivity contribution in [2.45, 2.75) is 24.0 Å². The highest BCUT2D eigenvalue weighted by atomic mass is 79.9. The van der Waals surface area contributed by atoms with E-state index in [0.29, 0.717) is 35.3 Å². The number of aliphatic imine (C=N–C) groups is 2. The second kappa shape index (κ2) is 6.90. The summed E-state index contributed by atoms with van der Waals surface area (Å²) in [6.45, 7) is 0.439. The lowest BCUT2D eigenvalue weighted by atomic mass is 10.0. The van der Waals surface area contributed by atoms with Crippen LogP contribution in [0, 0.1) is 5.82 Å². The van der Waals surface area contributed by atoms with Gasteiger partial charge >= 0.3 is 0 Å². The van der Waals surface area contributed by atoms with E-state index < -0.39 is 0 Å². The maximum absolute atomic E-state index is 14.3. The number of hydrogen-bond donors (Lipinski definition) is 0. The van der Waals surface area contributed by atoms with Crippen molar-refractivity contribution < 1.29 is 9.02 Å². The third kappa shape index (κ3) is 3.01. The minimum absolute atomic E-state index is 0.0580. The van der Waals surface area contributed by atoms with Crippen LogP contribution in [0.25, 0.3) is 11.0 Å². The summed E-state index contributed by atoms with van der Waals surface area (Å²) in [7, 11) is 0. The summed E-state index contributed by atoms with van der Waals surface area (Å²) < 4.78 is 19.0. The van der Waals surface area contributed by atoms with Crippen molar-refractivity contribution in [1.82, 2.24) is 15.3 Å². The van der Waals surface area contributed by atoms with E-state index in [1.165, 1.54) is 6.07 Å². The van der Waals surface area contributed by atoms with E-state index in [4.69, 9.17) is 14.6 Å². The molecule has 0 amide bonds. The predicted molar refractivity (Wildman–Crippen MR) is 107 cm³/mol. The van der Waals surface area contributed by atoms with E-state index in [2.05, 4.69) is 31.3 Å². The minimum atomic E-state index is -0.289. The van der Waals surface area contributed by atoms with E-state index in [1.807, 2.05) is 24.3 Å². The van der Waals surface area contributed by atoms with Crippen molar-refractivity contribution in [3.63, 3.8) is 0 Å². The van der Waals surface area contributed by atoms with Crippen molar-refractivity contribution in [3.8, 4) is 0 Å². The number of hydrogen-bond acceptors (Lipinski definition) is 6. The van der Waals surface area contributed by atoms with E-state index in [9.17, 15) is 4.39 Å². The highest BCUT2D eigenvalue weighted by molar-refractivity contribution is 9.10. The Kier molecular flexibility index (Phi) is 4.23. The summed E-state index contributed by atoms with van der Waals surface area (Å²) in [5, 5.41) is 13.9. The first-order chi connectivity index (χ1) is 13.7. The van der Waals surface area contributed by atoms with Crippen LogP contribution in [-0.2, 0) is 6.54 Å². The zero-order valence-electron chi connectivity index (χ0n) is 14.5. The number of alkyl halides is 1. The molecule has 0 saturated heterocycles. The number of benzene rings is 2. The molecule has 9 heteroatoms. The Bertz CT molecular complexity index is 1140. The average Bonchev–Trinajstić information content (AvgIpc) is 3.33. The topological polar surface area (TPSA) is 79.2 Å². The number of rotatable bonds is 3. The first kappa shape index (κ1) is 17.2. The normalized spacial score (nSPS) is 22.7. The van der Waals surface area contributed by atoms with Gasteiger partial charge < -0.3 is 0 Å². The van der Waals surface area contributed by atoms with Crippen LogP contribution in [-0.4, -0.2) is 44.1 Å². The van der Waals surface area contributed by atoms with Gasteiger partial charge in [0.2, 0.25) is 0 Å². The molecule has 0 radical (unpaired) electrons. The highest BCUT2D eigenvalue weighted by Gasteiger charge is 2.36. The van der Waals surface area contributed by atoms with Gasteiger partial charge in [-0.25, -0.2) is 14.0 Å². The van der Waals surface area contributed by atoms with Crippen LogP contribution in [0.4, 0.5) is 4.39 Å². The Balaban J connectivity index is 1.47. The lowest BCUT2D eigenvalue weighted by Crippen LogP contribution is -2.42. The molecule has 3 heterocycles. The molecule has 2 aromatic carbocycles. The van der Waals surface area contributed by atoms with Gasteiger partial charge in [0, 0.05) is 18.2 Å². The van der Waals surface area contributed by atoms with Crippen molar-refractivity contribution in [2.24, 2.45) is 15.1 Å². The Hall–Kier alpha value is -2.94. The molecule has 1 aromatic heterocycles. The van der Waals surface area contributed by atoms with E-state index in [1.54, 1.807) is 23.4 Å². The molecule has 7 nitrogen and oxygen atoms in total. The average molecular weight is 441 g/mol. The molecule has 140 valence electrons. The minimum Gasteiger partial charge on any atom is -0.266 e. The van der Waals surface area contributed by atoms with Gasteiger partial charge in [-0.2, -0.15) is 5.10 Å². The van der Waals surface area contributed by atoms with Crippen LogP contribution in [0.15, 0.2) is 62.2 Å². The highest BCUT2D eigenvalue weighted by Crippen LogP contribution is 2.28. The van der Waals surface area contributed by atoms with Crippen molar-refractivity contribution in [3.05, 3.63) is 59.4 Å². The molecule has 2 aliphatic rings. The summed E-state index contributed by atoms with van der Waals surface area (Å²) in [4.78, 5) is 9.41. The Morgan fingerprint density at radius 2 is 2.04 bits per heavy atom. The molecule has 2 aliphatic heterocycles.